The highest BCUT2D eigenvalue weighted by Gasteiger charge is 2.40. The number of halogens is 1. The van der Waals surface area contributed by atoms with Gasteiger partial charge in [0.05, 0.1) is 20.1 Å². The van der Waals surface area contributed by atoms with Gasteiger partial charge in [0.15, 0.2) is 0 Å². The molecule has 1 N–H and O–H groups in total. The van der Waals surface area contributed by atoms with Crippen molar-refractivity contribution in [1.29, 1.82) is 0 Å². The molecule has 1 aliphatic heterocycles. The van der Waals surface area contributed by atoms with Crippen LogP contribution in [0.2, 0.25) is 5.02 Å². The number of amides is 1. The van der Waals surface area contributed by atoms with E-state index in [2.05, 4.69) is 0 Å². The normalized spacial score (nSPS) is 18.5. The molecule has 7 nitrogen and oxygen atoms in total. The van der Waals surface area contributed by atoms with Gasteiger partial charge in [-0.2, -0.15) is 0 Å². The van der Waals surface area contributed by atoms with Crippen molar-refractivity contribution in [3.63, 3.8) is 0 Å². The Balaban J connectivity index is 2.20. The average molecular weight is 476 g/mol. The number of rotatable bonds is 6. The molecule has 2 atom stereocenters. The van der Waals surface area contributed by atoms with Crippen molar-refractivity contribution in [1.82, 2.24) is 0 Å². The minimum absolute atomic E-state index is 0.0315. The maximum atomic E-state index is 13.7. The van der Waals surface area contributed by atoms with Crippen LogP contribution in [0.4, 0.5) is 5.69 Å². The number of carbonyl (C=O) groups is 2. The number of anilines is 1. The number of benzene rings is 2. The van der Waals surface area contributed by atoms with E-state index in [1.165, 1.54) is 19.2 Å². The number of hydrogen-bond acceptors (Lipinski definition) is 6. The van der Waals surface area contributed by atoms with Gasteiger partial charge in [0.1, 0.15) is 23.7 Å². The number of hydrogen-bond donors (Lipinski definition) is 1. The fourth-order valence-corrected chi connectivity index (χ4v) is 4.05. The molecule has 8 heteroatoms. The van der Waals surface area contributed by atoms with E-state index in [1.807, 2.05) is 20.8 Å². The van der Waals surface area contributed by atoms with Crippen LogP contribution in [0.1, 0.15) is 51.3 Å². The molecule has 0 spiro atoms. The van der Waals surface area contributed by atoms with Gasteiger partial charge >= 0.3 is 5.97 Å². The van der Waals surface area contributed by atoms with Crippen molar-refractivity contribution in [3.05, 3.63) is 52.5 Å². The lowest BCUT2D eigenvalue weighted by Gasteiger charge is -2.31. The molecule has 0 fully saturated rings. The summed E-state index contributed by atoms with van der Waals surface area (Å²) in [6.07, 6.45) is -2.09. The van der Waals surface area contributed by atoms with E-state index >= 15 is 0 Å². The van der Waals surface area contributed by atoms with Crippen LogP contribution >= 0.6 is 11.6 Å². The van der Waals surface area contributed by atoms with Gasteiger partial charge in [-0.1, -0.05) is 32.4 Å². The van der Waals surface area contributed by atoms with E-state index in [0.29, 0.717) is 34.1 Å². The van der Waals surface area contributed by atoms with Crippen LogP contribution in [-0.2, 0) is 19.1 Å². The second kappa shape index (κ2) is 10.0. The van der Waals surface area contributed by atoms with E-state index in [9.17, 15) is 14.7 Å². The minimum atomic E-state index is -1.08. The number of fused-ring (bicyclic) bond motifs is 1. The lowest BCUT2D eigenvalue weighted by molar-refractivity contribution is -0.151. The molecule has 0 saturated carbocycles. The molecule has 178 valence electrons. The summed E-state index contributed by atoms with van der Waals surface area (Å²) in [6.45, 7) is 8.41. The lowest BCUT2D eigenvalue weighted by atomic mass is 9.94. The summed E-state index contributed by atoms with van der Waals surface area (Å²) >= 11 is 6.36. The van der Waals surface area contributed by atoms with Crippen LogP contribution in [0.25, 0.3) is 0 Å². The highest BCUT2D eigenvalue weighted by Crippen LogP contribution is 2.44. The largest absolute Gasteiger partial charge is 0.508 e. The third kappa shape index (κ3) is 5.78. The molecule has 2 aromatic carbocycles. The van der Waals surface area contributed by atoms with Crippen molar-refractivity contribution >= 4 is 29.2 Å². The second-order valence-corrected chi connectivity index (χ2v) is 9.56. The molecule has 0 bridgehead atoms. The number of ether oxygens (including phenoxy) is 3. The van der Waals surface area contributed by atoms with Crippen molar-refractivity contribution in [2.24, 2.45) is 5.41 Å². The van der Waals surface area contributed by atoms with Gasteiger partial charge in [-0.25, -0.2) is 0 Å². The molecule has 0 aromatic heterocycles. The maximum absolute atomic E-state index is 13.7. The fourth-order valence-electron chi connectivity index (χ4n) is 3.87. The molecule has 3 rings (SSSR count). The van der Waals surface area contributed by atoms with Crippen LogP contribution < -0.4 is 9.64 Å². The first-order valence-electron chi connectivity index (χ1n) is 10.8. The first kappa shape index (κ1) is 24.9. The molecule has 1 amide bonds. The summed E-state index contributed by atoms with van der Waals surface area (Å²) < 4.78 is 16.9. The summed E-state index contributed by atoms with van der Waals surface area (Å²) in [4.78, 5) is 27.7. The minimum Gasteiger partial charge on any atom is -0.508 e. The number of esters is 1. The Kier molecular flexibility index (Phi) is 7.55. The second-order valence-electron chi connectivity index (χ2n) is 9.13. The third-order valence-electron chi connectivity index (χ3n) is 5.19. The van der Waals surface area contributed by atoms with Crippen molar-refractivity contribution in [2.75, 3.05) is 25.2 Å². The monoisotopic (exact) mass is 475 g/mol. The predicted octanol–water partition coefficient (Wildman–Crippen LogP) is 4.87. The van der Waals surface area contributed by atoms with Crippen molar-refractivity contribution in [3.8, 4) is 11.5 Å². The molecular weight excluding hydrogens is 446 g/mol. The molecular formula is C25H30ClNO6. The van der Waals surface area contributed by atoms with E-state index < -0.39 is 18.2 Å². The van der Waals surface area contributed by atoms with Crippen LogP contribution in [-0.4, -0.2) is 43.3 Å². The van der Waals surface area contributed by atoms with Crippen LogP contribution in [0.3, 0.4) is 0 Å². The van der Waals surface area contributed by atoms with E-state index in [0.717, 1.165) is 0 Å². The average Bonchev–Trinajstić information content (AvgIpc) is 2.83. The Bertz CT molecular complexity index is 1030. The number of nitrogens with zero attached hydrogens (tertiary/aromatic N) is 1. The van der Waals surface area contributed by atoms with Gasteiger partial charge in [-0.05, 0) is 42.7 Å². The first-order valence-corrected chi connectivity index (χ1v) is 11.2. The van der Waals surface area contributed by atoms with Gasteiger partial charge in [-0.3, -0.25) is 9.59 Å². The van der Waals surface area contributed by atoms with Gasteiger partial charge in [0.2, 0.25) is 0 Å². The summed E-state index contributed by atoms with van der Waals surface area (Å²) in [5, 5.41) is 10.4. The number of methoxy groups -OCH3 is 1. The van der Waals surface area contributed by atoms with E-state index in [4.69, 9.17) is 25.8 Å². The van der Waals surface area contributed by atoms with Crippen LogP contribution in [0.15, 0.2) is 36.4 Å². The standard InChI is InChI=1S/C25H30ClNO6/c1-6-32-22(29)13-21-24(30)27(14-25(2,3)4)19-10-7-15(26)11-18(19)23(33-21)17-9-8-16(28)12-20(17)31-5/h7-12,21,23,28H,6,13-14H2,1-5H3/t21-,23-/m1/s1. The molecule has 1 heterocycles. The quantitative estimate of drug-likeness (QED) is 0.599. The van der Waals surface area contributed by atoms with E-state index in [1.54, 1.807) is 36.1 Å². The summed E-state index contributed by atoms with van der Waals surface area (Å²) in [5.41, 5.74) is 1.68. The first-order chi connectivity index (χ1) is 15.5. The predicted molar refractivity (Wildman–Crippen MR) is 126 cm³/mol. The van der Waals surface area contributed by atoms with Gasteiger partial charge in [-0.15, -0.1) is 0 Å². The van der Waals surface area contributed by atoms with Gasteiger partial charge in [0.25, 0.3) is 5.91 Å². The highest BCUT2D eigenvalue weighted by atomic mass is 35.5. The van der Waals surface area contributed by atoms with Gasteiger partial charge in [0, 0.05) is 34.4 Å². The van der Waals surface area contributed by atoms with E-state index in [-0.39, 0.29) is 30.1 Å². The Labute approximate surface area is 199 Å². The van der Waals surface area contributed by atoms with Crippen molar-refractivity contribution < 1.29 is 28.9 Å². The molecule has 0 saturated heterocycles. The Morgan fingerprint density at radius 1 is 1.18 bits per heavy atom. The number of carbonyl (C=O) groups excluding carboxylic acids is 2. The molecule has 0 radical (unpaired) electrons. The summed E-state index contributed by atoms with van der Waals surface area (Å²) in [5.74, 6) is -0.435. The Morgan fingerprint density at radius 3 is 2.55 bits per heavy atom. The highest BCUT2D eigenvalue weighted by molar-refractivity contribution is 6.30. The number of aromatic hydroxyl groups is 1. The molecule has 1 aliphatic rings. The molecule has 0 unspecified atom stereocenters. The zero-order valence-electron chi connectivity index (χ0n) is 19.6. The number of phenols is 1. The van der Waals surface area contributed by atoms with Crippen LogP contribution in [0.5, 0.6) is 11.5 Å². The van der Waals surface area contributed by atoms with Crippen LogP contribution in [0, 0.1) is 5.41 Å². The van der Waals surface area contributed by atoms with Gasteiger partial charge < -0.3 is 24.2 Å². The molecule has 33 heavy (non-hydrogen) atoms. The fraction of sp³-hybridized carbons (Fsp3) is 0.440. The number of phenolic OH excluding ortho intramolecular Hbond substituents is 1. The Hall–Kier alpha value is -2.77. The molecule has 0 aliphatic carbocycles. The zero-order valence-corrected chi connectivity index (χ0v) is 20.3. The summed E-state index contributed by atoms with van der Waals surface area (Å²) in [7, 11) is 1.49. The summed E-state index contributed by atoms with van der Waals surface area (Å²) in [6, 6.07) is 9.93. The van der Waals surface area contributed by atoms with Crippen molar-refractivity contribution in [2.45, 2.75) is 46.3 Å². The SMILES string of the molecule is CCOC(=O)C[C@H]1O[C@H](c2ccc(O)cc2OC)c2cc(Cl)ccc2N(CC(C)(C)C)C1=O. The topological polar surface area (TPSA) is 85.3 Å². The lowest BCUT2D eigenvalue weighted by Crippen LogP contribution is -2.44. The third-order valence-corrected chi connectivity index (χ3v) is 5.43. The zero-order chi connectivity index (χ0) is 24.3. The Morgan fingerprint density at radius 2 is 1.91 bits per heavy atom. The maximum Gasteiger partial charge on any atom is 0.308 e. The smallest absolute Gasteiger partial charge is 0.308 e. The molecule has 2 aromatic rings.